The molecule has 0 spiro atoms. The topological polar surface area (TPSA) is 62.3 Å². The number of benzene rings is 1. The van der Waals surface area contributed by atoms with Crippen LogP contribution in [0.25, 0.3) is 0 Å². The van der Waals surface area contributed by atoms with Gasteiger partial charge >= 0.3 is 0 Å². The maximum atomic E-state index is 12.2. The molecule has 0 bridgehead atoms. The molecule has 0 saturated carbocycles. The predicted octanol–water partition coefficient (Wildman–Crippen LogP) is 2.17. The van der Waals surface area contributed by atoms with Crippen LogP contribution in [0.1, 0.15) is 29.1 Å². The quantitative estimate of drug-likeness (QED) is 0.874. The molecule has 3 rings (SSSR count). The third-order valence-electron chi connectivity index (χ3n) is 4.31. The van der Waals surface area contributed by atoms with E-state index in [0.29, 0.717) is 19.4 Å². The van der Waals surface area contributed by atoms with Gasteiger partial charge in [0.25, 0.3) is 0 Å². The van der Waals surface area contributed by atoms with Gasteiger partial charge in [0.15, 0.2) is 0 Å². The van der Waals surface area contributed by atoms with Crippen LogP contribution in [0.5, 0.6) is 0 Å². The molecule has 1 aliphatic heterocycles. The summed E-state index contributed by atoms with van der Waals surface area (Å²) in [4.78, 5) is 29.8. The lowest BCUT2D eigenvalue weighted by Gasteiger charge is -2.18. The Bertz CT molecular complexity index is 714. The van der Waals surface area contributed by atoms with Crippen molar-refractivity contribution in [2.75, 3.05) is 7.05 Å². The number of aromatic nitrogens is 1. The lowest BCUT2D eigenvalue weighted by Crippen LogP contribution is -2.42. The maximum absolute atomic E-state index is 12.2. The number of carbonyl (C=O) groups is 2. The fourth-order valence-electron chi connectivity index (χ4n) is 2.85. The molecule has 1 saturated heterocycles. The van der Waals surface area contributed by atoms with Crippen molar-refractivity contribution in [3.05, 3.63) is 52.0 Å². The molecule has 1 fully saturated rings. The van der Waals surface area contributed by atoms with Crippen molar-refractivity contribution in [2.24, 2.45) is 0 Å². The minimum Gasteiger partial charge on any atom is -0.349 e. The second-order valence-electron chi connectivity index (χ2n) is 6.00. The average molecular weight is 343 g/mol. The third-order valence-corrected chi connectivity index (χ3v) is 5.27. The first kappa shape index (κ1) is 16.6. The minimum atomic E-state index is -0.339. The number of nitrogens with zero attached hydrogens (tertiary/aromatic N) is 2. The van der Waals surface area contributed by atoms with Crippen LogP contribution in [0.2, 0.25) is 0 Å². The summed E-state index contributed by atoms with van der Waals surface area (Å²) < 4.78 is 0. The first-order valence-corrected chi connectivity index (χ1v) is 9.02. The fourth-order valence-corrected chi connectivity index (χ4v) is 3.65. The highest BCUT2D eigenvalue weighted by Gasteiger charge is 2.32. The molecule has 1 N–H and O–H groups in total. The highest BCUT2D eigenvalue weighted by molar-refractivity contribution is 7.09. The molecule has 1 atom stereocenters. The number of likely N-dealkylation sites (N-methyl/N-ethyl adjacent to an activating group) is 1. The number of aryl methyl sites for hydroxylation is 2. The van der Waals surface area contributed by atoms with Gasteiger partial charge in [-0.05, 0) is 18.4 Å². The van der Waals surface area contributed by atoms with E-state index in [2.05, 4.69) is 22.4 Å². The molecule has 0 aliphatic carbocycles. The monoisotopic (exact) mass is 343 g/mol. The van der Waals surface area contributed by atoms with Gasteiger partial charge in [0.05, 0.1) is 17.2 Å². The summed E-state index contributed by atoms with van der Waals surface area (Å²) in [5, 5.41) is 5.96. The summed E-state index contributed by atoms with van der Waals surface area (Å²) in [6.07, 6.45) is 2.92. The molecule has 5 nitrogen and oxygen atoms in total. The Kier molecular flexibility index (Phi) is 5.25. The van der Waals surface area contributed by atoms with E-state index in [0.717, 1.165) is 23.5 Å². The molecule has 0 unspecified atom stereocenters. The number of hydrogen-bond donors (Lipinski definition) is 1. The molecule has 24 heavy (non-hydrogen) atoms. The highest BCUT2D eigenvalue weighted by Crippen LogP contribution is 2.17. The van der Waals surface area contributed by atoms with Crippen LogP contribution in [0.3, 0.4) is 0 Å². The van der Waals surface area contributed by atoms with E-state index >= 15 is 0 Å². The highest BCUT2D eigenvalue weighted by atomic mass is 32.1. The molecule has 2 amide bonds. The van der Waals surface area contributed by atoms with Crippen molar-refractivity contribution in [3.8, 4) is 0 Å². The smallest absolute Gasteiger partial charge is 0.243 e. The van der Waals surface area contributed by atoms with Crippen molar-refractivity contribution in [2.45, 2.75) is 38.3 Å². The van der Waals surface area contributed by atoms with Gasteiger partial charge in [0, 0.05) is 25.3 Å². The Morgan fingerprint density at radius 2 is 2.12 bits per heavy atom. The van der Waals surface area contributed by atoms with Gasteiger partial charge in [-0.3, -0.25) is 9.59 Å². The number of likely N-dealkylation sites (tertiary alicyclic amines) is 1. The summed E-state index contributed by atoms with van der Waals surface area (Å²) >= 11 is 1.63. The normalized spacial score (nSPS) is 17.3. The maximum Gasteiger partial charge on any atom is 0.243 e. The summed E-state index contributed by atoms with van der Waals surface area (Å²) in [7, 11) is 1.68. The third kappa shape index (κ3) is 4.00. The van der Waals surface area contributed by atoms with E-state index in [-0.39, 0.29) is 17.9 Å². The second-order valence-corrected chi connectivity index (χ2v) is 6.94. The molecule has 1 aromatic carbocycles. The molecule has 1 aromatic heterocycles. The second kappa shape index (κ2) is 7.57. The van der Waals surface area contributed by atoms with Crippen LogP contribution in [0, 0.1) is 0 Å². The lowest BCUT2D eigenvalue weighted by molar-refractivity contribution is -0.133. The Balaban J connectivity index is 1.47. The van der Waals surface area contributed by atoms with Crippen molar-refractivity contribution in [3.63, 3.8) is 0 Å². The van der Waals surface area contributed by atoms with E-state index in [9.17, 15) is 9.59 Å². The number of carbonyl (C=O) groups excluding carboxylic acids is 2. The predicted molar refractivity (Wildman–Crippen MR) is 93.6 cm³/mol. The molecule has 6 heteroatoms. The fraction of sp³-hybridized carbons (Fsp3) is 0.389. The van der Waals surface area contributed by atoms with Gasteiger partial charge in [-0.1, -0.05) is 30.3 Å². The summed E-state index contributed by atoms with van der Waals surface area (Å²) in [6.45, 7) is 0.416. The number of hydrogen-bond acceptors (Lipinski definition) is 4. The van der Waals surface area contributed by atoms with Crippen LogP contribution >= 0.6 is 11.3 Å². The minimum absolute atomic E-state index is 0.0343. The largest absolute Gasteiger partial charge is 0.349 e. The molecule has 2 aromatic rings. The van der Waals surface area contributed by atoms with E-state index in [1.807, 2.05) is 23.6 Å². The zero-order chi connectivity index (χ0) is 16.9. The summed E-state index contributed by atoms with van der Waals surface area (Å²) in [5.41, 5.74) is 2.18. The van der Waals surface area contributed by atoms with Crippen molar-refractivity contribution in [1.82, 2.24) is 15.2 Å². The number of thiazole rings is 1. The van der Waals surface area contributed by atoms with Crippen LogP contribution < -0.4 is 5.32 Å². The number of rotatable bonds is 6. The zero-order valence-electron chi connectivity index (χ0n) is 13.7. The van der Waals surface area contributed by atoms with Crippen molar-refractivity contribution >= 4 is 23.2 Å². The molecule has 2 heterocycles. The Labute approximate surface area is 145 Å². The first-order chi connectivity index (χ1) is 11.6. The molecular formula is C18H21N3O2S. The SMILES string of the molecule is CN1C(=O)CC[C@H]1C(=O)NCc1csc(CCc2ccccc2)n1. The van der Waals surface area contributed by atoms with E-state index in [4.69, 9.17) is 0 Å². The zero-order valence-corrected chi connectivity index (χ0v) is 14.5. The summed E-state index contributed by atoms with van der Waals surface area (Å²) in [5.74, 6) is -0.0609. The van der Waals surface area contributed by atoms with Crippen LogP contribution in [0.4, 0.5) is 0 Å². The molecule has 1 aliphatic rings. The van der Waals surface area contributed by atoms with Crippen molar-refractivity contribution in [1.29, 1.82) is 0 Å². The van der Waals surface area contributed by atoms with E-state index in [1.165, 1.54) is 10.5 Å². The van der Waals surface area contributed by atoms with Crippen LogP contribution in [0.15, 0.2) is 35.7 Å². The Morgan fingerprint density at radius 3 is 2.83 bits per heavy atom. The average Bonchev–Trinajstić information content (AvgIpc) is 3.19. The lowest BCUT2D eigenvalue weighted by atomic mass is 10.1. The Hall–Kier alpha value is -2.21. The van der Waals surface area contributed by atoms with Crippen molar-refractivity contribution < 1.29 is 9.59 Å². The van der Waals surface area contributed by atoms with Gasteiger partial charge in [-0.25, -0.2) is 4.98 Å². The van der Waals surface area contributed by atoms with Crippen LogP contribution in [-0.4, -0.2) is 34.8 Å². The molecule has 126 valence electrons. The summed E-state index contributed by atoms with van der Waals surface area (Å²) in [6, 6.07) is 10.0. The standard InChI is InChI=1S/C18H21N3O2S/c1-21-15(8-10-17(21)22)18(23)19-11-14-12-24-16(20-14)9-7-13-5-3-2-4-6-13/h2-6,12,15H,7-11H2,1H3,(H,19,23)/t15-/m0/s1. The number of nitrogens with one attached hydrogen (secondary N) is 1. The molecule has 0 radical (unpaired) electrons. The van der Waals surface area contributed by atoms with E-state index in [1.54, 1.807) is 18.4 Å². The van der Waals surface area contributed by atoms with Gasteiger partial charge in [-0.2, -0.15) is 0 Å². The van der Waals surface area contributed by atoms with Crippen LogP contribution in [-0.2, 0) is 29.0 Å². The first-order valence-electron chi connectivity index (χ1n) is 8.14. The van der Waals surface area contributed by atoms with Gasteiger partial charge < -0.3 is 10.2 Å². The van der Waals surface area contributed by atoms with Gasteiger partial charge in [0.2, 0.25) is 11.8 Å². The van der Waals surface area contributed by atoms with Gasteiger partial charge in [-0.15, -0.1) is 11.3 Å². The molecular weight excluding hydrogens is 322 g/mol. The van der Waals surface area contributed by atoms with E-state index < -0.39 is 0 Å². The number of amides is 2. The van der Waals surface area contributed by atoms with Gasteiger partial charge in [0.1, 0.15) is 6.04 Å². The Morgan fingerprint density at radius 1 is 1.33 bits per heavy atom.